The van der Waals surface area contributed by atoms with Crippen molar-refractivity contribution in [3.8, 4) is 0 Å². The molecule has 0 aromatic carbocycles. The first kappa shape index (κ1) is 16.2. The second-order valence-electron chi connectivity index (χ2n) is 6.53. The Kier molecular flexibility index (Phi) is 4.85. The van der Waals surface area contributed by atoms with Crippen LogP contribution in [0.15, 0.2) is 23.8 Å². The zero-order valence-electron chi connectivity index (χ0n) is 14.2. The quantitative estimate of drug-likeness (QED) is 0.845. The summed E-state index contributed by atoms with van der Waals surface area (Å²) in [5.74, 6) is 1.64. The van der Waals surface area contributed by atoms with Gasteiger partial charge in [0.1, 0.15) is 5.82 Å². The highest BCUT2D eigenvalue weighted by Gasteiger charge is 2.28. The van der Waals surface area contributed by atoms with E-state index in [1.165, 1.54) is 4.88 Å². The zero-order chi connectivity index (χ0) is 16.4. The second-order valence-corrected chi connectivity index (χ2v) is 7.53. The van der Waals surface area contributed by atoms with Crippen molar-refractivity contribution < 1.29 is 4.79 Å². The fourth-order valence-electron chi connectivity index (χ4n) is 3.31. The molecule has 124 valence electrons. The molecule has 1 fully saturated rings. The molecule has 3 rings (SSSR count). The zero-order valence-corrected chi connectivity index (χ0v) is 15.0. The number of imidazole rings is 1. The van der Waals surface area contributed by atoms with Crippen LogP contribution in [0.2, 0.25) is 0 Å². The van der Waals surface area contributed by atoms with Gasteiger partial charge < -0.3 is 9.47 Å². The SMILES string of the molecule is CCc1cc(C(=O)N2CCCC(c3nccn3C(C)C)C2)cs1. The van der Waals surface area contributed by atoms with Crippen molar-refractivity contribution in [1.82, 2.24) is 14.5 Å². The molecule has 1 amide bonds. The molecule has 1 atom stereocenters. The number of aryl methyl sites for hydroxylation is 1. The fourth-order valence-corrected chi connectivity index (χ4v) is 4.12. The lowest BCUT2D eigenvalue weighted by Gasteiger charge is -2.33. The van der Waals surface area contributed by atoms with Gasteiger partial charge in [0.05, 0.1) is 5.56 Å². The van der Waals surface area contributed by atoms with Crippen molar-refractivity contribution in [3.63, 3.8) is 0 Å². The van der Waals surface area contributed by atoms with Gasteiger partial charge in [0.2, 0.25) is 0 Å². The number of thiophene rings is 1. The van der Waals surface area contributed by atoms with Gasteiger partial charge in [-0.25, -0.2) is 4.98 Å². The Morgan fingerprint density at radius 3 is 3.00 bits per heavy atom. The largest absolute Gasteiger partial charge is 0.338 e. The van der Waals surface area contributed by atoms with Gasteiger partial charge in [0.15, 0.2) is 0 Å². The van der Waals surface area contributed by atoms with Crippen LogP contribution >= 0.6 is 11.3 Å². The fraction of sp³-hybridized carbons (Fsp3) is 0.556. The maximum Gasteiger partial charge on any atom is 0.254 e. The highest BCUT2D eigenvalue weighted by molar-refractivity contribution is 7.10. The summed E-state index contributed by atoms with van der Waals surface area (Å²) in [5.41, 5.74) is 0.847. The smallest absolute Gasteiger partial charge is 0.254 e. The molecule has 0 saturated carbocycles. The Morgan fingerprint density at radius 2 is 2.30 bits per heavy atom. The number of carbonyl (C=O) groups excluding carboxylic acids is 1. The summed E-state index contributed by atoms with van der Waals surface area (Å²) in [6, 6.07) is 2.45. The van der Waals surface area contributed by atoms with Crippen LogP contribution in [-0.4, -0.2) is 33.4 Å². The van der Waals surface area contributed by atoms with Crippen LogP contribution in [0.5, 0.6) is 0 Å². The lowest BCUT2D eigenvalue weighted by molar-refractivity contribution is 0.0703. The average molecular weight is 331 g/mol. The number of likely N-dealkylation sites (tertiary alicyclic amines) is 1. The predicted octanol–water partition coefficient (Wildman–Crippen LogP) is 4.11. The molecule has 0 aliphatic carbocycles. The van der Waals surface area contributed by atoms with Crippen molar-refractivity contribution in [1.29, 1.82) is 0 Å². The molecule has 1 aliphatic heterocycles. The number of carbonyl (C=O) groups is 1. The Labute approximate surface area is 142 Å². The molecular weight excluding hydrogens is 306 g/mol. The summed E-state index contributed by atoms with van der Waals surface area (Å²) < 4.78 is 2.23. The molecule has 1 unspecified atom stereocenters. The normalized spacial score (nSPS) is 18.6. The van der Waals surface area contributed by atoms with Crippen LogP contribution in [0.3, 0.4) is 0 Å². The van der Waals surface area contributed by atoms with Gasteiger partial charge in [-0.2, -0.15) is 0 Å². The van der Waals surface area contributed by atoms with E-state index in [1.54, 1.807) is 11.3 Å². The van der Waals surface area contributed by atoms with E-state index in [1.807, 2.05) is 28.7 Å². The number of hydrogen-bond acceptors (Lipinski definition) is 3. The van der Waals surface area contributed by atoms with Crippen LogP contribution in [0.4, 0.5) is 0 Å². The Hall–Kier alpha value is -1.62. The lowest BCUT2D eigenvalue weighted by atomic mass is 9.96. The minimum absolute atomic E-state index is 0.174. The summed E-state index contributed by atoms with van der Waals surface area (Å²) >= 11 is 1.68. The van der Waals surface area contributed by atoms with Crippen LogP contribution in [0, 0.1) is 0 Å². The number of aromatic nitrogens is 2. The maximum atomic E-state index is 12.8. The molecule has 2 aromatic heterocycles. The van der Waals surface area contributed by atoms with Crippen molar-refractivity contribution in [3.05, 3.63) is 40.1 Å². The van der Waals surface area contributed by atoms with E-state index in [2.05, 4.69) is 30.3 Å². The first-order valence-electron chi connectivity index (χ1n) is 8.49. The molecule has 23 heavy (non-hydrogen) atoms. The van der Waals surface area contributed by atoms with Crippen LogP contribution in [0.25, 0.3) is 0 Å². The molecule has 4 nitrogen and oxygen atoms in total. The topological polar surface area (TPSA) is 38.1 Å². The molecule has 2 aromatic rings. The minimum Gasteiger partial charge on any atom is -0.338 e. The van der Waals surface area contributed by atoms with Gasteiger partial charge in [-0.15, -0.1) is 11.3 Å². The van der Waals surface area contributed by atoms with Crippen LogP contribution < -0.4 is 0 Å². The molecule has 0 radical (unpaired) electrons. The van der Waals surface area contributed by atoms with Gasteiger partial charge in [-0.3, -0.25) is 4.79 Å². The van der Waals surface area contributed by atoms with Gasteiger partial charge in [0.25, 0.3) is 5.91 Å². The second kappa shape index (κ2) is 6.87. The summed E-state index contributed by atoms with van der Waals surface area (Å²) in [4.78, 5) is 20.6. The van der Waals surface area contributed by atoms with Crippen LogP contribution in [-0.2, 0) is 6.42 Å². The number of rotatable bonds is 4. The van der Waals surface area contributed by atoms with E-state index in [9.17, 15) is 4.79 Å². The number of hydrogen-bond donors (Lipinski definition) is 0. The third kappa shape index (κ3) is 3.34. The van der Waals surface area contributed by atoms with E-state index in [0.717, 1.165) is 43.7 Å². The van der Waals surface area contributed by atoms with E-state index in [4.69, 9.17) is 0 Å². The standard InChI is InChI=1S/C18H25N3OS/c1-4-16-10-15(12-23-16)18(22)20-8-5-6-14(11-20)17-19-7-9-21(17)13(2)3/h7,9-10,12-14H,4-6,8,11H2,1-3H3. The summed E-state index contributed by atoms with van der Waals surface area (Å²) in [7, 11) is 0. The van der Waals surface area contributed by atoms with E-state index >= 15 is 0 Å². The minimum atomic E-state index is 0.174. The number of amides is 1. The monoisotopic (exact) mass is 331 g/mol. The summed E-state index contributed by atoms with van der Waals surface area (Å²) in [6.45, 7) is 8.11. The Balaban J connectivity index is 1.75. The van der Waals surface area contributed by atoms with Crippen molar-refractivity contribution in [2.45, 2.75) is 52.0 Å². The van der Waals surface area contributed by atoms with E-state index in [-0.39, 0.29) is 5.91 Å². The predicted molar refractivity (Wildman–Crippen MR) is 94.2 cm³/mol. The maximum absolute atomic E-state index is 12.8. The van der Waals surface area contributed by atoms with E-state index in [0.29, 0.717) is 12.0 Å². The molecule has 0 N–H and O–H groups in total. The highest BCUT2D eigenvalue weighted by Crippen LogP contribution is 2.29. The Morgan fingerprint density at radius 1 is 1.48 bits per heavy atom. The van der Waals surface area contributed by atoms with Crippen molar-refractivity contribution in [2.24, 2.45) is 0 Å². The lowest BCUT2D eigenvalue weighted by Crippen LogP contribution is -2.39. The molecule has 1 saturated heterocycles. The molecular formula is C18H25N3OS. The highest BCUT2D eigenvalue weighted by atomic mass is 32.1. The van der Waals surface area contributed by atoms with Gasteiger partial charge in [-0.05, 0) is 39.2 Å². The molecule has 0 spiro atoms. The summed E-state index contributed by atoms with van der Waals surface area (Å²) in [6.07, 6.45) is 7.07. The van der Waals surface area contributed by atoms with Crippen molar-refractivity contribution in [2.75, 3.05) is 13.1 Å². The van der Waals surface area contributed by atoms with Crippen LogP contribution in [0.1, 0.15) is 66.6 Å². The van der Waals surface area contributed by atoms with Gasteiger partial charge in [0, 0.05) is 47.7 Å². The van der Waals surface area contributed by atoms with Gasteiger partial charge >= 0.3 is 0 Å². The number of piperidine rings is 1. The molecule has 3 heterocycles. The van der Waals surface area contributed by atoms with Gasteiger partial charge in [-0.1, -0.05) is 6.92 Å². The van der Waals surface area contributed by atoms with Crippen molar-refractivity contribution >= 4 is 17.2 Å². The number of nitrogens with zero attached hydrogens (tertiary/aromatic N) is 3. The first-order chi connectivity index (χ1) is 11.1. The summed E-state index contributed by atoms with van der Waals surface area (Å²) in [5, 5.41) is 2.00. The van der Waals surface area contributed by atoms with E-state index < -0.39 is 0 Å². The average Bonchev–Trinajstić information content (AvgIpc) is 3.23. The Bertz CT molecular complexity index is 673. The molecule has 5 heteroatoms. The third-order valence-corrected chi connectivity index (χ3v) is 5.66. The third-order valence-electron chi connectivity index (χ3n) is 4.58. The molecule has 1 aliphatic rings. The molecule has 0 bridgehead atoms. The first-order valence-corrected chi connectivity index (χ1v) is 9.37.